The summed E-state index contributed by atoms with van der Waals surface area (Å²) in [5.74, 6) is 0. The molecule has 1 N–H and O–H groups in total. The summed E-state index contributed by atoms with van der Waals surface area (Å²) in [6.07, 6.45) is 4.26. The van der Waals surface area contributed by atoms with Crippen molar-refractivity contribution in [2.24, 2.45) is 10.5 Å². The van der Waals surface area contributed by atoms with Crippen LogP contribution in [0.2, 0.25) is 0 Å². The van der Waals surface area contributed by atoms with E-state index in [2.05, 4.69) is 31.3 Å². The van der Waals surface area contributed by atoms with Gasteiger partial charge in [0.25, 0.3) is 0 Å². The smallest absolute Gasteiger partial charge is 0.0417 e. The fraction of sp³-hybridized carbons (Fsp3) is 0.875. The minimum Gasteiger partial charge on any atom is -0.308 e. The molecule has 0 saturated carbocycles. The summed E-state index contributed by atoms with van der Waals surface area (Å²) < 4.78 is 0. The molecular weight excluding hydrogens is 124 g/mol. The van der Waals surface area contributed by atoms with Gasteiger partial charge in [0.15, 0.2) is 0 Å². The summed E-state index contributed by atoms with van der Waals surface area (Å²) in [7, 11) is 0. The highest BCUT2D eigenvalue weighted by Crippen LogP contribution is 2.26. The molecule has 1 rings (SSSR count). The van der Waals surface area contributed by atoms with E-state index in [-0.39, 0.29) is 0 Å². The summed E-state index contributed by atoms with van der Waals surface area (Å²) >= 11 is 0. The van der Waals surface area contributed by atoms with Gasteiger partial charge in [-0.05, 0) is 25.2 Å². The molecule has 1 atom stereocenters. The maximum Gasteiger partial charge on any atom is 0.0417 e. The van der Waals surface area contributed by atoms with Gasteiger partial charge < -0.3 is 5.43 Å². The topological polar surface area (TPSA) is 24.4 Å². The minimum absolute atomic E-state index is 0.423. The molecule has 2 nitrogen and oxygen atoms in total. The molecule has 2 heteroatoms. The van der Waals surface area contributed by atoms with Crippen LogP contribution in [0.4, 0.5) is 0 Å². The van der Waals surface area contributed by atoms with Crippen molar-refractivity contribution in [3.8, 4) is 0 Å². The molecule has 58 valence electrons. The Labute approximate surface area is 62.7 Å². The van der Waals surface area contributed by atoms with E-state index in [1.54, 1.807) is 0 Å². The van der Waals surface area contributed by atoms with Crippen LogP contribution in [0.15, 0.2) is 5.10 Å². The molecule has 0 fully saturated rings. The van der Waals surface area contributed by atoms with Crippen LogP contribution in [-0.4, -0.2) is 12.3 Å². The maximum absolute atomic E-state index is 4.07. The van der Waals surface area contributed by atoms with E-state index in [9.17, 15) is 0 Å². The molecule has 0 radical (unpaired) electrons. The highest BCUT2D eigenvalue weighted by molar-refractivity contribution is 5.58. The van der Waals surface area contributed by atoms with E-state index >= 15 is 0 Å². The molecule has 1 aliphatic rings. The van der Waals surface area contributed by atoms with Crippen LogP contribution in [-0.2, 0) is 0 Å². The van der Waals surface area contributed by atoms with Crippen LogP contribution in [0.5, 0.6) is 0 Å². The van der Waals surface area contributed by atoms with Gasteiger partial charge in [-0.25, -0.2) is 0 Å². The first-order valence-corrected chi connectivity index (χ1v) is 3.87. The molecule has 1 unspecified atom stereocenters. The lowest BCUT2D eigenvalue weighted by molar-refractivity contribution is 0.315. The van der Waals surface area contributed by atoms with E-state index in [4.69, 9.17) is 0 Å². The molecule has 1 aliphatic heterocycles. The molecule has 0 aromatic heterocycles. The maximum atomic E-state index is 4.07. The summed E-state index contributed by atoms with van der Waals surface area (Å²) in [5.41, 5.74) is 3.49. The second-order valence-corrected chi connectivity index (χ2v) is 3.91. The first kappa shape index (κ1) is 7.58. The third-order valence-corrected chi connectivity index (χ3v) is 1.89. The number of nitrogens with one attached hydrogen (secondary N) is 1. The van der Waals surface area contributed by atoms with Gasteiger partial charge in [-0.1, -0.05) is 13.8 Å². The zero-order valence-electron chi connectivity index (χ0n) is 7.02. The molecule has 0 bridgehead atoms. The third kappa shape index (κ3) is 2.01. The van der Waals surface area contributed by atoms with E-state index in [1.165, 1.54) is 6.42 Å². The van der Waals surface area contributed by atoms with Crippen molar-refractivity contribution in [3.63, 3.8) is 0 Å². The lowest BCUT2D eigenvalue weighted by Crippen LogP contribution is -2.24. The Morgan fingerprint density at radius 1 is 1.60 bits per heavy atom. The van der Waals surface area contributed by atoms with Crippen molar-refractivity contribution in [2.45, 2.75) is 39.7 Å². The van der Waals surface area contributed by atoms with Crippen molar-refractivity contribution < 1.29 is 0 Å². The number of nitrogens with zero attached hydrogens (tertiary/aromatic N) is 1. The van der Waals surface area contributed by atoms with E-state index < -0.39 is 0 Å². The van der Waals surface area contributed by atoms with Crippen molar-refractivity contribution in [2.75, 3.05) is 0 Å². The van der Waals surface area contributed by atoms with Gasteiger partial charge >= 0.3 is 0 Å². The van der Waals surface area contributed by atoms with Gasteiger partial charge in [0.1, 0.15) is 0 Å². The molecule has 0 amide bonds. The van der Waals surface area contributed by atoms with Crippen LogP contribution in [0.3, 0.4) is 0 Å². The van der Waals surface area contributed by atoms with Gasteiger partial charge in [0.2, 0.25) is 0 Å². The Kier molecular flexibility index (Phi) is 1.97. The van der Waals surface area contributed by atoms with Crippen molar-refractivity contribution in [3.05, 3.63) is 0 Å². The van der Waals surface area contributed by atoms with E-state index in [0.717, 1.165) is 6.42 Å². The van der Waals surface area contributed by atoms with Crippen molar-refractivity contribution >= 4 is 6.21 Å². The Morgan fingerprint density at radius 3 is 3.00 bits per heavy atom. The largest absolute Gasteiger partial charge is 0.308 e. The zero-order chi connectivity index (χ0) is 7.61. The molecule has 1 heterocycles. The van der Waals surface area contributed by atoms with Crippen LogP contribution in [0.1, 0.15) is 33.6 Å². The van der Waals surface area contributed by atoms with E-state index in [0.29, 0.717) is 11.5 Å². The molecule has 0 spiro atoms. The lowest BCUT2D eigenvalue weighted by Gasteiger charge is -2.23. The van der Waals surface area contributed by atoms with Crippen LogP contribution in [0.25, 0.3) is 0 Å². The zero-order valence-corrected chi connectivity index (χ0v) is 7.02. The fourth-order valence-electron chi connectivity index (χ4n) is 1.43. The number of hydrogen-bond donors (Lipinski definition) is 1. The molecule has 10 heavy (non-hydrogen) atoms. The third-order valence-electron chi connectivity index (χ3n) is 1.89. The second kappa shape index (κ2) is 2.60. The van der Waals surface area contributed by atoms with Gasteiger partial charge in [0.05, 0.1) is 0 Å². The molecule has 0 aromatic carbocycles. The Balaban J connectivity index is 2.57. The number of hydrazone groups is 1. The normalized spacial score (nSPS) is 30.9. The average molecular weight is 140 g/mol. The Morgan fingerprint density at radius 2 is 2.30 bits per heavy atom. The molecule has 0 aliphatic carbocycles. The SMILES string of the molecule is CC1CC(C)(C)CC=NN1. The highest BCUT2D eigenvalue weighted by Gasteiger charge is 2.21. The second-order valence-electron chi connectivity index (χ2n) is 3.91. The van der Waals surface area contributed by atoms with Gasteiger partial charge in [-0.3, -0.25) is 0 Å². The monoisotopic (exact) mass is 140 g/mol. The summed E-state index contributed by atoms with van der Waals surface area (Å²) in [6.45, 7) is 6.73. The van der Waals surface area contributed by atoms with E-state index in [1.807, 2.05) is 6.21 Å². The van der Waals surface area contributed by atoms with Crippen LogP contribution < -0.4 is 5.43 Å². The molecule has 0 saturated heterocycles. The predicted molar refractivity (Wildman–Crippen MR) is 44.1 cm³/mol. The highest BCUT2D eigenvalue weighted by atomic mass is 15.3. The Hall–Kier alpha value is -0.530. The first-order valence-electron chi connectivity index (χ1n) is 3.87. The predicted octanol–water partition coefficient (Wildman–Crippen LogP) is 1.77. The van der Waals surface area contributed by atoms with Gasteiger partial charge in [-0.2, -0.15) is 5.10 Å². The quantitative estimate of drug-likeness (QED) is 0.545. The van der Waals surface area contributed by atoms with Crippen LogP contribution in [0, 0.1) is 5.41 Å². The fourth-order valence-corrected chi connectivity index (χ4v) is 1.43. The van der Waals surface area contributed by atoms with Gasteiger partial charge in [-0.15, -0.1) is 0 Å². The lowest BCUT2D eigenvalue weighted by atomic mass is 9.84. The minimum atomic E-state index is 0.423. The number of rotatable bonds is 0. The summed E-state index contributed by atoms with van der Waals surface area (Å²) in [4.78, 5) is 0. The summed E-state index contributed by atoms with van der Waals surface area (Å²) in [6, 6.07) is 0.522. The van der Waals surface area contributed by atoms with Gasteiger partial charge in [0, 0.05) is 12.3 Å². The molecule has 0 aromatic rings. The van der Waals surface area contributed by atoms with Crippen molar-refractivity contribution in [1.82, 2.24) is 5.43 Å². The number of hydrogen-bond acceptors (Lipinski definition) is 2. The standard InChI is InChI=1S/C8H16N2/c1-7-6-8(2,3)4-5-9-10-7/h5,7,10H,4,6H2,1-3H3. The first-order chi connectivity index (χ1) is 4.60. The average Bonchev–Trinajstić information content (AvgIpc) is 1.90. The van der Waals surface area contributed by atoms with Crippen molar-refractivity contribution in [1.29, 1.82) is 0 Å². The summed E-state index contributed by atoms with van der Waals surface area (Å²) in [5, 5.41) is 4.07. The molecular formula is C8H16N2. The Bertz CT molecular complexity index is 138. The van der Waals surface area contributed by atoms with Crippen LogP contribution >= 0.6 is 0 Å².